The highest BCUT2D eigenvalue weighted by molar-refractivity contribution is 6.30. The number of nitrogens with one attached hydrogen (secondary N) is 2. The lowest BCUT2D eigenvalue weighted by Crippen LogP contribution is -2.41. The fraction of sp³-hybridized carbons (Fsp3) is 0.533. The molecular formula is C15H21ClN2O2. The predicted octanol–water partition coefficient (Wildman–Crippen LogP) is 3.01. The van der Waals surface area contributed by atoms with Gasteiger partial charge in [-0.05, 0) is 37.0 Å². The number of carbonyl (C=O) groups is 1. The summed E-state index contributed by atoms with van der Waals surface area (Å²) in [5, 5.41) is 16.3. The van der Waals surface area contributed by atoms with Crippen LogP contribution in [0.5, 0.6) is 0 Å². The summed E-state index contributed by atoms with van der Waals surface area (Å²) in [6.07, 6.45) is 4.38. The van der Waals surface area contributed by atoms with Crippen molar-refractivity contribution in [1.29, 1.82) is 0 Å². The zero-order valence-electron chi connectivity index (χ0n) is 11.4. The highest BCUT2D eigenvalue weighted by Gasteiger charge is 2.16. The Labute approximate surface area is 124 Å². The zero-order valence-corrected chi connectivity index (χ0v) is 12.2. The third-order valence-electron chi connectivity index (χ3n) is 3.63. The number of hydrogen-bond acceptors (Lipinski definition) is 2. The van der Waals surface area contributed by atoms with Gasteiger partial charge in [0.05, 0.1) is 6.10 Å². The molecule has 2 amide bonds. The van der Waals surface area contributed by atoms with Gasteiger partial charge in [0, 0.05) is 17.6 Å². The molecule has 5 heteroatoms. The Bertz CT molecular complexity index is 447. The van der Waals surface area contributed by atoms with Crippen LogP contribution >= 0.6 is 11.6 Å². The molecule has 0 bridgehead atoms. The summed E-state index contributed by atoms with van der Waals surface area (Å²) in [6.45, 7) is 0.437. The first-order chi connectivity index (χ1) is 9.65. The van der Waals surface area contributed by atoms with Crippen LogP contribution in [0.3, 0.4) is 0 Å². The number of hydrogen-bond donors (Lipinski definition) is 3. The molecule has 3 N–H and O–H groups in total. The number of urea groups is 1. The number of amides is 2. The monoisotopic (exact) mass is 296 g/mol. The second-order valence-electron chi connectivity index (χ2n) is 5.24. The first kappa shape index (κ1) is 15.1. The van der Waals surface area contributed by atoms with Gasteiger partial charge >= 0.3 is 6.03 Å². The smallest absolute Gasteiger partial charge is 0.315 e. The van der Waals surface area contributed by atoms with Crippen LogP contribution in [0.25, 0.3) is 0 Å². The maximum atomic E-state index is 11.6. The van der Waals surface area contributed by atoms with Crippen LogP contribution in [0, 0.1) is 0 Å². The maximum absolute atomic E-state index is 11.6. The minimum absolute atomic E-state index is 0.143. The molecule has 1 aliphatic rings. The molecule has 0 radical (unpaired) electrons. The van der Waals surface area contributed by atoms with Gasteiger partial charge in [-0.2, -0.15) is 0 Å². The van der Waals surface area contributed by atoms with Gasteiger partial charge in [-0.15, -0.1) is 0 Å². The van der Waals surface area contributed by atoms with E-state index in [1.54, 1.807) is 18.2 Å². The van der Waals surface area contributed by atoms with Crippen LogP contribution in [0.2, 0.25) is 5.02 Å². The maximum Gasteiger partial charge on any atom is 0.315 e. The number of carbonyl (C=O) groups excluding carboxylic acids is 1. The normalized spacial score (nSPS) is 16.9. The molecule has 0 heterocycles. The van der Waals surface area contributed by atoms with Crippen LogP contribution in [0.4, 0.5) is 4.79 Å². The summed E-state index contributed by atoms with van der Waals surface area (Å²) in [6, 6.07) is 7.31. The summed E-state index contributed by atoms with van der Waals surface area (Å²) in [5.41, 5.74) is 0.774. The lowest BCUT2D eigenvalue weighted by atomic mass is 10.1. The molecule has 2 rings (SSSR count). The van der Waals surface area contributed by atoms with E-state index in [2.05, 4.69) is 10.6 Å². The van der Waals surface area contributed by atoms with Crippen LogP contribution in [-0.4, -0.2) is 23.7 Å². The van der Waals surface area contributed by atoms with Crippen molar-refractivity contribution in [3.8, 4) is 0 Å². The first-order valence-electron chi connectivity index (χ1n) is 7.13. The van der Waals surface area contributed by atoms with E-state index in [9.17, 15) is 9.90 Å². The summed E-state index contributed by atoms with van der Waals surface area (Å²) in [4.78, 5) is 11.6. The molecule has 0 saturated heterocycles. The van der Waals surface area contributed by atoms with Crippen LogP contribution in [0.15, 0.2) is 24.3 Å². The predicted molar refractivity (Wildman–Crippen MR) is 79.8 cm³/mol. The van der Waals surface area contributed by atoms with Gasteiger partial charge in [-0.1, -0.05) is 36.6 Å². The molecule has 1 aliphatic carbocycles. The zero-order chi connectivity index (χ0) is 14.4. The Hall–Kier alpha value is -1.26. The average molecular weight is 297 g/mol. The highest BCUT2D eigenvalue weighted by atomic mass is 35.5. The highest BCUT2D eigenvalue weighted by Crippen LogP contribution is 2.20. The van der Waals surface area contributed by atoms with E-state index in [-0.39, 0.29) is 6.03 Å². The van der Waals surface area contributed by atoms with Crippen LogP contribution in [-0.2, 0) is 0 Å². The van der Waals surface area contributed by atoms with Gasteiger partial charge in [0.1, 0.15) is 0 Å². The lowest BCUT2D eigenvalue weighted by Gasteiger charge is -2.15. The summed E-state index contributed by atoms with van der Waals surface area (Å²) in [7, 11) is 0. The van der Waals surface area contributed by atoms with Crippen LogP contribution < -0.4 is 10.6 Å². The molecule has 0 aliphatic heterocycles. The Morgan fingerprint density at radius 3 is 2.85 bits per heavy atom. The van der Waals surface area contributed by atoms with E-state index in [0.29, 0.717) is 24.0 Å². The fourth-order valence-electron chi connectivity index (χ4n) is 2.51. The Kier molecular flexibility index (Phi) is 5.68. The second-order valence-corrected chi connectivity index (χ2v) is 5.68. The van der Waals surface area contributed by atoms with Crippen molar-refractivity contribution >= 4 is 17.6 Å². The third kappa shape index (κ3) is 4.69. The second kappa shape index (κ2) is 7.50. The Balaban J connectivity index is 1.68. The Morgan fingerprint density at radius 1 is 1.40 bits per heavy atom. The molecule has 0 aromatic heterocycles. The molecule has 1 unspecified atom stereocenters. The molecule has 4 nitrogen and oxygen atoms in total. The molecule has 1 saturated carbocycles. The van der Waals surface area contributed by atoms with E-state index >= 15 is 0 Å². The number of benzene rings is 1. The van der Waals surface area contributed by atoms with Crippen molar-refractivity contribution in [3.63, 3.8) is 0 Å². The van der Waals surface area contributed by atoms with E-state index in [4.69, 9.17) is 11.6 Å². The molecule has 20 heavy (non-hydrogen) atoms. The largest absolute Gasteiger partial charge is 0.388 e. The minimum Gasteiger partial charge on any atom is -0.388 e. The molecule has 1 fully saturated rings. The van der Waals surface area contributed by atoms with Crippen molar-refractivity contribution < 1.29 is 9.90 Å². The lowest BCUT2D eigenvalue weighted by molar-refractivity contribution is 0.166. The quantitative estimate of drug-likeness (QED) is 0.782. The van der Waals surface area contributed by atoms with Crippen molar-refractivity contribution in [3.05, 3.63) is 34.9 Å². The fourth-order valence-corrected chi connectivity index (χ4v) is 2.71. The SMILES string of the molecule is O=C(NCCC(O)c1cccc(Cl)c1)NC1CCCC1. The van der Waals surface area contributed by atoms with E-state index < -0.39 is 6.10 Å². The standard InChI is InChI=1S/C15H21ClN2O2/c16-12-5-3-4-11(10-12)14(19)8-9-17-15(20)18-13-6-1-2-7-13/h3-5,10,13-14,19H,1-2,6-9H2,(H2,17,18,20). The van der Waals surface area contributed by atoms with Crippen LogP contribution in [0.1, 0.15) is 43.8 Å². The molecule has 110 valence electrons. The number of halogens is 1. The summed E-state index contributed by atoms with van der Waals surface area (Å²) >= 11 is 5.88. The number of aliphatic hydroxyl groups is 1. The van der Waals surface area contributed by atoms with Gasteiger partial charge < -0.3 is 15.7 Å². The van der Waals surface area contributed by atoms with Crippen molar-refractivity contribution in [2.45, 2.75) is 44.2 Å². The van der Waals surface area contributed by atoms with E-state index in [1.807, 2.05) is 6.07 Å². The first-order valence-corrected chi connectivity index (χ1v) is 7.51. The van der Waals surface area contributed by atoms with E-state index in [1.165, 1.54) is 12.8 Å². The Morgan fingerprint density at radius 2 is 2.15 bits per heavy atom. The average Bonchev–Trinajstić information content (AvgIpc) is 2.91. The van der Waals surface area contributed by atoms with Gasteiger partial charge in [0.15, 0.2) is 0 Å². The van der Waals surface area contributed by atoms with Crippen molar-refractivity contribution in [2.24, 2.45) is 0 Å². The minimum atomic E-state index is -0.611. The van der Waals surface area contributed by atoms with Gasteiger partial charge in [0.2, 0.25) is 0 Å². The van der Waals surface area contributed by atoms with Crippen molar-refractivity contribution in [2.75, 3.05) is 6.54 Å². The number of aliphatic hydroxyl groups excluding tert-OH is 1. The third-order valence-corrected chi connectivity index (χ3v) is 3.86. The molecule has 1 atom stereocenters. The summed E-state index contributed by atoms with van der Waals surface area (Å²) in [5.74, 6) is 0. The van der Waals surface area contributed by atoms with Gasteiger partial charge in [-0.3, -0.25) is 0 Å². The van der Waals surface area contributed by atoms with E-state index in [0.717, 1.165) is 18.4 Å². The molecular weight excluding hydrogens is 276 g/mol. The van der Waals surface area contributed by atoms with Gasteiger partial charge in [-0.25, -0.2) is 4.79 Å². The number of rotatable bonds is 5. The molecule has 1 aromatic carbocycles. The summed E-state index contributed by atoms with van der Waals surface area (Å²) < 4.78 is 0. The molecule has 0 spiro atoms. The van der Waals surface area contributed by atoms with Crippen molar-refractivity contribution in [1.82, 2.24) is 10.6 Å². The van der Waals surface area contributed by atoms with Gasteiger partial charge in [0.25, 0.3) is 0 Å². The molecule has 1 aromatic rings. The topological polar surface area (TPSA) is 61.4 Å².